The molecule has 1 aromatic carbocycles. The molecule has 1 aromatic heterocycles. The van der Waals surface area contributed by atoms with Gasteiger partial charge < -0.3 is 5.32 Å². The fourth-order valence-corrected chi connectivity index (χ4v) is 6.29. The van der Waals surface area contributed by atoms with Crippen LogP contribution < -0.4 is 5.32 Å². The maximum absolute atomic E-state index is 15.4. The quantitative estimate of drug-likeness (QED) is 0.295. The van der Waals surface area contributed by atoms with Crippen LogP contribution in [0, 0.1) is 17.2 Å². The normalized spacial score (nSPS) is 20.1. The maximum Gasteiger partial charge on any atom is 0.152 e. The third-order valence-corrected chi connectivity index (χ3v) is 8.30. The van der Waals surface area contributed by atoms with Crippen molar-refractivity contribution in [3.8, 4) is 0 Å². The lowest BCUT2D eigenvalue weighted by Crippen LogP contribution is -2.09. The Labute approximate surface area is 230 Å². The van der Waals surface area contributed by atoms with Crippen molar-refractivity contribution in [2.75, 3.05) is 11.6 Å². The van der Waals surface area contributed by atoms with Crippen molar-refractivity contribution in [2.45, 2.75) is 85.3 Å². The molecule has 1 fully saturated rings. The van der Waals surface area contributed by atoms with Crippen LogP contribution in [0.4, 0.5) is 15.9 Å². The molecule has 3 rings (SSSR count). The minimum absolute atomic E-state index is 0.107. The van der Waals surface area contributed by atoms with E-state index in [1.165, 1.54) is 17.6 Å². The highest BCUT2D eigenvalue weighted by Crippen LogP contribution is 2.43. The van der Waals surface area contributed by atoms with Gasteiger partial charge in [-0.2, -0.15) is 5.10 Å². The molecule has 0 spiro atoms. The lowest BCUT2D eigenvalue weighted by atomic mass is 9.82. The second kappa shape index (κ2) is 13.1. The molecule has 0 aliphatic heterocycles. The second-order valence-corrected chi connectivity index (χ2v) is 14.3. The van der Waals surface area contributed by atoms with E-state index in [2.05, 4.69) is 87.4 Å². The highest BCUT2D eigenvalue weighted by molar-refractivity contribution is 8.28. The fraction of sp³-hybridized carbons (Fsp3) is 0.516. The number of hydrogen-bond acceptors (Lipinski definition) is 3. The number of aromatic nitrogens is 2. The average Bonchev–Trinajstić information content (AvgIpc) is 3.50. The summed E-state index contributed by atoms with van der Waals surface area (Å²) in [6.45, 7) is 13.2. The van der Waals surface area contributed by atoms with Crippen molar-refractivity contribution >= 4 is 32.1 Å². The molecule has 2 aromatic rings. The summed E-state index contributed by atoms with van der Waals surface area (Å²) in [4.78, 5) is 0. The van der Waals surface area contributed by atoms with Crippen LogP contribution >= 0.6 is 0 Å². The molecular weight excluding hydrogens is 497 g/mol. The zero-order chi connectivity index (χ0) is 27.2. The molecule has 2 N–H and O–H groups in total. The van der Waals surface area contributed by atoms with Gasteiger partial charge in [0, 0.05) is 29.0 Å². The van der Waals surface area contributed by atoms with Gasteiger partial charge in [-0.25, -0.2) is 4.39 Å². The highest BCUT2D eigenvalue weighted by atomic mass is 32.8. The van der Waals surface area contributed by atoms with Gasteiger partial charge in [-0.1, -0.05) is 76.2 Å². The van der Waals surface area contributed by atoms with Crippen molar-refractivity contribution in [2.24, 2.45) is 11.3 Å². The lowest BCUT2D eigenvalue weighted by Gasteiger charge is -2.23. The topological polar surface area (TPSA) is 40.7 Å². The summed E-state index contributed by atoms with van der Waals surface area (Å²) < 4.78 is 15.4. The van der Waals surface area contributed by atoms with E-state index >= 15 is 4.39 Å². The molecule has 3 unspecified atom stereocenters. The van der Waals surface area contributed by atoms with Crippen LogP contribution in [0.5, 0.6) is 0 Å². The van der Waals surface area contributed by atoms with E-state index in [4.69, 9.17) is 11.2 Å². The van der Waals surface area contributed by atoms with Gasteiger partial charge in [-0.3, -0.25) is 5.10 Å². The van der Waals surface area contributed by atoms with Gasteiger partial charge in [0.05, 0.1) is 5.69 Å². The number of allylic oxidation sites excluding steroid dienone is 6. The summed E-state index contributed by atoms with van der Waals surface area (Å²) in [5.41, 5.74) is 6.28. The van der Waals surface area contributed by atoms with Crippen LogP contribution in [0.1, 0.15) is 90.0 Å². The number of nitrogens with zero attached hydrogens (tertiary/aromatic N) is 1. The Morgan fingerprint density at radius 1 is 1.27 bits per heavy atom. The van der Waals surface area contributed by atoms with Gasteiger partial charge in [-0.05, 0) is 79.4 Å². The Morgan fingerprint density at radius 3 is 2.65 bits per heavy atom. The first-order chi connectivity index (χ1) is 17.6. The lowest BCUT2D eigenvalue weighted by molar-refractivity contribution is 0.514. The number of rotatable bonds is 10. The average molecular weight is 542 g/mol. The predicted octanol–water partition coefficient (Wildman–Crippen LogP) is 8.83. The van der Waals surface area contributed by atoms with Crippen LogP contribution in [0.3, 0.4) is 0 Å². The van der Waals surface area contributed by atoms with Crippen molar-refractivity contribution < 1.29 is 4.39 Å². The number of anilines is 2. The Kier molecular flexibility index (Phi) is 10.5. The van der Waals surface area contributed by atoms with Gasteiger partial charge in [0.1, 0.15) is 0 Å². The summed E-state index contributed by atoms with van der Waals surface area (Å²) in [6.07, 6.45) is 16.4. The van der Waals surface area contributed by atoms with Crippen LogP contribution in [-0.2, 0) is 32.8 Å². The van der Waals surface area contributed by atoms with E-state index < -0.39 is 0 Å². The minimum atomic E-state index is -0.279. The number of hydrogen-bond donors (Lipinski definition) is 2. The molecule has 0 amide bonds. The molecule has 3 atom stereocenters. The third-order valence-electron chi connectivity index (χ3n) is 7.25. The third kappa shape index (κ3) is 7.73. The second-order valence-electron chi connectivity index (χ2n) is 11.1. The number of nitrogens with one attached hydrogen (secondary N) is 2. The fourth-order valence-electron chi connectivity index (χ4n) is 5.22. The number of benzene rings is 1. The molecule has 1 aliphatic rings. The first kappa shape index (κ1) is 29.5. The van der Waals surface area contributed by atoms with Crippen molar-refractivity contribution in [1.82, 2.24) is 10.2 Å². The maximum atomic E-state index is 15.4. The number of aromatic amines is 1. The summed E-state index contributed by atoms with van der Waals surface area (Å²) in [5.74, 6) is 2.00. The van der Waals surface area contributed by atoms with E-state index in [9.17, 15) is 0 Å². The molecule has 3 nitrogen and oxygen atoms in total. The molecule has 202 valence electrons. The van der Waals surface area contributed by atoms with E-state index in [0.29, 0.717) is 29.1 Å². The summed E-state index contributed by atoms with van der Waals surface area (Å²) in [6, 6.07) is 5.88. The largest absolute Gasteiger partial charge is 0.336 e. The molecule has 1 aliphatic carbocycles. The van der Waals surface area contributed by atoms with Crippen LogP contribution in [0.15, 0.2) is 53.6 Å². The van der Waals surface area contributed by atoms with Crippen LogP contribution in [0.2, 0.25) is 0 Å². The van der Waals surface area contributed by atoms with Crippen LogP contribution in [-0.4, -0.2) is 16.5 Å². The SMILES string of the molecule is C\C=C/C(=C\C(=C\CC)C1CCC(c2cc(Nc3ccc(CC)c(CS(C)=S)c3F)n[nH]2)C1)C(C)(C)C. The van der Waals surface area contributed by atoms with Gasteiger partial charge >= 0.3 is 0 Å². The molecule has 0 saturated heterocycles. The first-order valence-corrected chi connectivity index (χ1v) is 16.3. The van der Waals surface area contributed by atoms with Crippen molar-refractivity contribution in [1.29, 1.82) is 0 Å². The van der Waals surface area contributed by atoms with Gasteiger partial charge in [0.25, 0.3) is 0 Å². The smallest absolute Gasteiger partial charge is 0.152 e. The molecule has 1 saturated carbocycles. The molecule has 1 heterocycles. The van der Waals surface area contributed by atoms with Crippen molar-refractivity contribution in [3.05, 3.63) is 76.3 Å². The number of aryl methyl sites for hydroxylation is 1. The van der Waals surface area contributed by atoms with E-state index in [1.54, 1.807) is 0 Å². The van der Waals surface area contributed by atoms with Gasteiger partial charge in [0.2, 0.25) is 0 Å². The van der Waals surface area contributed by atoms with Gasteiger partial charge in [0.15, 0.2) is 11.6 Å². The number of halogens is 1. The Hall–Kier alpha value is -2.05. The predicted molar refractivity (Wildman–Crippen MR) is 163 cm³/mol. The van der Waals surface area contributed by atoms with Crippen molar-refractivity contribution in [3.63, 3.8) is 0 Å². The summed E-state index contributed by atoms with van der Waals surface area (Å²) in [5, 5.41) is 10.9. The summed E-state index contributed by atoms with van der Waals surface area (Å²) >= 11 is 5.38. The molecular formula is C31H44FN3S2. The van der Waals surface area contributed by atoms with E-state index in [1.807, 2.05) is 18.4 Å². The Bertz CT molecular complexity index is 1180. The van der Waals surface area contributed by atoms with Gasteiger partial charge in [-0.15, -0.1) is 9.45 Å². The zero-order valence-electron chi connectivity index (χ0n) is 23.6. The van der Waals surface area contributed by atoms with E-state index in [0.717, 1.165) is 42.5 Å². The monoisotopic (exact) mass is 541 g/mol. The molecule has 0 radical (unpaired) electrons. The highest BCUT2D eigenvalue weighted by Gasteiger charge is 2.29. The molecule has 6 heteroatoms. The molecule has 37 heavy (non-hydrogen) atoms. The minimum Gasteiger partial charge on any atom is -0.336 e. The molecule has 0 bridgehead atoms. The zero-order valence-corrected chi connectivity index (χ0v) is 25.2. The summed E-state index contributed by atoms with van der Waals surface area (Å²) in [7, 11) is -0.279. The van der Waals surface area contributed by atoms with E-state index in [-0.39, 0.29) is 20.7 Å². The number of H-pyrrole nitrogens is 1. The first-order valence-electron chi connectivity index (χ1n) is 13.5. The van der Waals surface area contributed by atoms with Crippen LogP contribution in [0.25, 0.3) is 0 Å². The standard InChI is InChI=1S/C31H44FN3S2/c1-8-11-22(18-25(12-9-2)31(4,5)6)23-13-14-24(17-23)28-19-29(35-34-28)33-27-16-15-21(10-3)26(30(27)32)20-37(7)36/h9,11-12,15-16,18-19,23-24H,8,10,13-14,17,20H2,1-7H3,(H2,33,34,35)/b12-9-,22-11-,25-18+. The Morgan fingerprint density at radius 2 is 2.03 bits per heavy atom. The Balaban J connectivity index is 1.77.